The van der Waals surface area contributed by atoms with E-state index in [1.165, 1.54) is 18.9 Å². The number of aliphatic carboxylic acids is 1. The van der Waals surface area contributed by atoms with E-state index >= 15 is 0 Å². The van der Waals surface area contributed by atoms with E-state index in [4.69, 9.17) is 5.11 Å². The van der Waals surface area contributed by atoms with Crippen LogP contribution in [-0.4, -0.2) is 35.0 Å². The highest BCUT2D eigenvalue weighted by Crippen LogP contribution is 2.17. The van der Waals surface area contributed by atoms with Gasteiger partial charge < -0.3 is 10.0 Å². The number of rotatable bonds is 2. The number of likely N-dealkylation sites (N-methyl/N-ethyl adjacent to an activating group) is 1. The van der Waals surface area contributed by atoms with Crippen molar-refractivity contribution in [1.29, 1.82) is 0 Å². The van der Waals surface area contributed by atoms with Crippen molar-refractivity contribution < 1.29 is 14.7 Å². The highest BCUT2D eigenvalue weighted by atomic mass is 16.4. The molecular formula is C9H17NO3. The van der Waals surface area contributed by atoms with Gasteiger partial charge in [-0.05, 0) is 6.92 Å². The summed E-state index contributed by atoms with van der Waals surface area (Å²) in [7, 11) is 1.51. The highest BCUT2D eigenvalue weighted by Gasteiger charge is 2.30. The third-order valence-electron chi connectivity index (χ3n) is 1.90. The summed E-state index contributed by atoms with van der Waals surface area (Å²) in [6.45, 7) is 6.78. The van der Waals surface area contributed by atoms with Crippen LogP contribution in [0.2, 0.25) is 0 Å². The molecule has 13 heavy (non-hydrogen) atoms. The summed E-state index contributed by atoms with van der Waals surface area (Å²) >= 11 is 0. The Bertz CT molecular complexity index is 217. The number of carboxylic acid groups (broad SMARTS) is 1. The van der Waals surface area contributed by atoms with Crippen LogP contribution < -0.4 is 0 Å². The van der Waals surface area contributed by atoms with Crippen molar-refractivity contribution >= 4 is 11.9 Å². The summed E-state index contributed by atoms with van der Waals surface area (Å²) in [4.78, 5) is 23.4. The van der Waals surface area contributed by atoms with Gasteiger partial charge in [-0.2, -0.15) is 0 Å². The topological polar surface area (TPSA) is 57.6 Å². The summed E-state index contributed by atoms with van der Waals surface area (Å²) in [5.41, 5.74) is -0.529. The van der Waals surface area contributed by atoms with Crippen molar-refractivity contribution in [1.82, 2.24) is 4.90 Å². The minimum Gasteiger partial charge on any atom is -0.480 e. The van der Waals surface area contributed by atoms with Gasteiger partial charge in [-0.1, -0.05) is 20.8 Å². The van der Waals surface area contributed by atoms with Crippen molar-refractivity contribution in [2.75, 3.05) is 7.05 Å². The minimum atomic E-state index is -0.986. The van der Waals surface area contributed by atoms with Gasteiger partial charge in [0.05, 0.1) is 0 Å². The Morgan fingerprint density at radius 1 is 1.31 bits per heavy atom. The van der Waals surface area contributed by atoms with E-state index in [0.29, 0.717) is 0 Å². The second kappa shape index (κ2) is 3.77. The van der Waals surface area contributed by atoms with E-state index in [-0.39, 0.29) is 5.91 Å². The van der Waals surface area contributed by atoms with Crippen LogP contribution in [0.15, 0.2) is 0 Å². The van der Waals surface area contributed by atoms with E-state index in [9.17, 15) is 9.59 Å². The third kappa shape index (κ3) is 3.05. The summed E-state index contributed by atoms with van der Waals surface area (Å²) in [5, 5.41) is 8.67. The molecule has 0 aliphatic rings. The molecule has 0 radical (unpaired) electrons. The number of amides is 1. The largest absolute Gasteiger partial charge is 0.480 e. The van der Waals surface area contributed by atoms with Crippen LogP contribution in [0.3, 0.4) is 0 Å². The van der Waals surface area contributed by atoms with Gasteiger partial charge >= 0.3 is 5.97 Å². The first kappa shape index (κ1) is 11.9. The molecule has 4 heteroatoms. The molecule has 1 amide bonds. The van der Waals surface area contributed by atoms with Gasteiger partial charge in [-0.3, -0.25) is 4.79 Å². The molecular weight excluding hydrogens is 170 g/mol. The summed E-state index contributed by atoms with van der Waals surface area (Å²) < 4.78 is 0. The van der Waals surface area contributed by atoms with Gasteiger partial charge in [0, 0.05) is 12.5 Å². The summed E-state index contributed by atoms with van der Waals surface area (Å²) in [6, 6.07) is -0.772. The number of carbonyl (C=O) groups is 2. The lowest BCUT2D eigenvalue weighted by atomic mass is 9.94. The Labute approximate surface area is 78.5 Å². The Morgan fingerprint density at radius 2 is 1.69 bits per heavy atom. The van der Waals surface area contributed by atoms with Crippen molar-refractivity contribution in [3.05, 3.63) is 0 Å². The molecule has 0 heterocycles. The average molecular weight is 187 g/mol. The lowest BCUT2D eigenvalue weighted by Crippen LogP contribution is -2.45. The predicted molar refractivity (Wildman–Crippen MR) is 49.3 cm³/mol. The molecule has 76 valence electrons. The quantitative estimate of drug-likeness (QED) is 0.700. The molecule has 0 aromatic rings. The molecule has 0 bridgehead atoms. The van der Waals surface area contributed by atoms with Gasteiger partial charge in [-0.15, -0.1) is 0 Å². The molecule has 0 aromatic heterocycles. The molecule has 0 unspecified atom stereocenters. The maximum Gasteiger partial charge on any atom is 0.326 e. The van der Waals surface area contributed by atoms with Crippen molar-refractivity contribution in [2.45, 2.75) is 33.7 Å². The molecule has 4 nitrogen and oxygen atoms in total. The lowest BCUT2D eigenvalue weighted by molar-refractivity contribution is -0.151. The molecule has 0 saturated carbocycles. The van der Waals surface area contributed by atoms with Gasteiger partial charge in [-0.25, -0.2) is 4.79 Å². The van der Waals surface area contributed by atoms with E-state index in [0.717, 1.165) is 0 Å². The summed E-state index contributed by atoms with van der Waals surface area (Å²) in [5.74, 6) is -1.15. The smallest absolute Gasteiger partial charge is 0.326 e. The van der Waals surface area contributed by atoms with Crippen LogP contribution in [-0.2, 0) is 9.59 Å². The first-order valence-corrected chi connectivity index (χ1v) is 4.18. The van der Waals surface area contributed by atoms with Crippen molar-refractivity contribution in [3.63, 3.8) is 0 Å². The maximum atomic E-state index is 11.6. The molecule has 0 aromatic carbocycles. The lowest BCUT2D eigenvalue weighted by Gasteiger charge is -2.28. The number of hydrogen-bond acceptors (Lipinski definition) is 2. The van der Waals surface area contributed by atoms with Crippen LogP contribution in [0.5, 0.6) is 0 Å². The second-order valence-corrected chi connectivity index (χ2v) is 4.18. The first-order chi connectivity index (χ1) is 5.68. The van der Waals surface area contributed by atoms with Crippen LogP contribution in [0.25, 0.3) is 0 Å². The molecule has 0 fully saturated rings. The average Bonchev–Trinajstić information content (AvgIpc) is 1.98. The zero-order valence-electron chi connectivity index (χ0n) is 8.79. The maximum absolute atomic E-state index is 11.6. The van der Waals surface area contributed by atoms with Crippen molar-refractivity contribution in [3.8, 4) is 0 Å². The first-order valence-electron chi connectivity index (χ1n) is 4.18. The molecule has 0 aliphatic heterocycles. The Hall–Kier alpha value is -1.06. The number of carboxylic acids is 1. The minimum absolute atomic E-state index is 0.164. The van der Waals surface area contributed by atoms with Gasteiger partial charge in [0.1, 0.15) is 6.04 Å². The molecule has 0 aliphatic carbocycles. The summed E-state index contributed by atoms with van der Waals surface area (Å²) in [6.07, 6.45) is 0. The predicted octanol–water partition coefficient (Wildman–Crippen LogP) is 0.964. The second-order valence-electron chi connectivity index (χ2n) is 4.18. The van der Waals surface area contributed by atoms with Crippen LogP contribution in [0.1, 0.15) is 27.7 Å². The molecule has 0 rings (SSSR count). The Morgan fingerprint density at radius 3 is 1.92 bits per heavy atom. The van der Waals surface area contributed by atoms with Crippen LogP contribution in [0.4, 0.5) is 0 Å². The van der Waals surface area contributed by atoms with E-state index < -0.39 is 17.4 Å². The monoisotopic (exact) mass is 187 g/mol. The number of nitrogens with zero attached hydrogens (tertiary/aromatic N) is 1. The molecule has 1 atom stereocenters. The molecule has 0 saturated heterocycles. The fraction of sp³-hybridized carbons (Fsp3) is 0.778. The number of hydrogen-bond donors (Lipinski definition) is 1. The fourth-order valence-electron chi connectivity index (χ4n) is 0.871. The Balaban J connectivity index is 4.53. The van der Waals surface area contributed by atoms with Crippen molar-refractivity contribution in [2.24, 2.45) is 5.41 Å². The Kier molecular flexibility index (Phi) is 3.46. The van der Waals surface area contributed by atoms with E-state index in [2.05, 4.69) is 0 Å². The fourth-order valence-corrected chi connectivity index (χ4v) is 0.871. The van der Waals surface area contributed by atoms with Gasteiger partial charge in [0.25, 0.3) is 0 Å². The van der Waals surface area contributed by atoms with E-state index in [1.807, 2.05) is 0 Å². The highest BCUT2D eigenvalue weighted by molar-refractivity contribution is 5.86. The standard InChI is InChI=1S/C9H17NO3/c1-6(7(11)12)10(5)8(13)9(2,3)4/h6H,1-5H3,(H,11,12)/t6-/m0/s1. The normalized spacial score (nSPS) is 13.6. The SMILES string of the molecule is C[C@@H](C(=O)O)N(C)C(=O)C(C)(C)C. The van der Waals surface area contributed by atoms with Crippen LogP contribution in [0, 0.1) is 5.41 Å². The number of carbonyl (C=O) groups excluding carboxylic acids is 1. The van der Waals surface area contributed by atoms with E-state index in [1.54, 1.807) is 20.8 Å². The zero-order valence-corrected chi connectivity index (χ0v) is 8.79. The third-order valence-corrected chi connectivity index (χ3v) is 1.90. The van der Waals surface area contributed by atoms with Crippen LogP contribution >= 0.6 is 0 Å². The molecule has 1 N–H and O–H groups in total. The van der Waals surface area contributed by atoms with Gasteiger partial charge in [0.2, 0.25) is 5.91 Å². The molecule has 0 spiro atoms. The zero-order chi connectivity index (χ0) is 10.8. The van der Waals surface area contributed by atoms with Gasteiger partial charge in [0.15, 0.2) is 0 Å².